The topological polar surface area (TPSA) is 0 Å². The molecule has 0 fully saturated rings. The second kappa shape index (κ2) is 7.31. The summed E-state index contributed by atoms with van der Waals surface area (Å²) in [7, 11) is 0. The number of allylic oxidation sites excluding steroid dienone is 2. The number of fused-ring (bicyclic) bond motifs is 12. The van der Waals surface area contributed by atoms with Gasteiger partial charge in [0.15, 0.2) is 0 Å². The largest absolute Gasteiger partial charge is 0.0616 e. The van der Waals surface area contributed by atoms with Gasteiger partial charge in [-0.05, 0) is 99.7 Å². The average molecular weight is 479 g/mol. The van der Waals surface area contributed by atoms with Crippen molar-refractivity contribution in [2.24, 2.45) is 0 Å². The Balaban J connectivity index is 1.40. The zero-order chi connectivity index (χ0) is 24.8. The van der Waals surface area contributed by atoms with E-state index in [0.29, 0.717) is 0 Å². The van der Waals surface area contributed by atoms with Crippen LogP contribution in [0.15, 0.2) is 121 Å². The number of benzene rings is 7. The fourth-order valence-corrected chi connectivity index (χ4v) is 6.89. The summed E-state index contributed by atoms with van der Waals surface area (Å²) >= 11 is 0. The molecule has 2 aliphatic carbocycles. The molecule has 9 rings (SSSR count). The lowest BCUT2D eigenvalue weighted by Gasteiger charge is -2.17. The van der Waals surface area contributed by atoms with Crippen LogP contribution in [0.25, 0.3) is 88.6 Å². The van der Waals surface area contributed by atoms with E-state index in [1.165, 1.54) is 87.6 Å². The summed E-state index contributed by atoms with van der Waals surface area (Å²) in [5.74, 6) is 0. The minimum atomic E-state index is 1.26. The highest BCUT2D eigenvalue weighted by Crippen LogP contribution is 2.51. The van der Waals surface area contributed by atoms with E-state index < -0.39 is 0 Å². The van der Waals surface area contributed by atoms with Crippen LogP contribution in [0.2, 0.25) is 0 Å². The van der Waals surface area contributed by atoms with Crippen LogP contribution < -0.4 is 0 Å². The van der Waals surface area contributed by atoms with Crippen molar-refractivity contribution < 1.29 is 0 Å². The van der Waals surface area contributed by atoms with Gasteiger partial charge in [-0.25, -0.2) is 0 Å². The molecule has 0 aliphatic heterocycles. The standard InChI is InChI=1S/C38H22/c1-2-9-25-15-18-29-31(36(25)28-12-4-3-8-23(28)7-1)19-16-26-21-27-17-20-32-30-13-5-10-24-11-6-14-33(37(24)30)38(32)35(27)22-34(26)29/h1-22H/b2-1?,7-1-,9-2-,23-7?,25-9?,36-28?. The maximum absolute atomic E-state index is 2.45. The van der Waals surface area contributed by atoms with Crippen molar-refractivity contribution in [3.8, 4) is 33.4 Å². The summed E-state index contributed by atoms with van der Waals surface area (Å²) in [4.78, 5) is 0. The lowest BCUT2D eigenvalue weighted by molar-refractivity contribution is 1.59. The smallest absolute Gasteiger partial charge is 0.00199 e. The van der Waals surface area contributed by atoms with Crippen molar-refractivity contribution >= 4 is 55.2 Å². The highest BCUT2D eigenvalue weighted by molar-refractivity contribution is 6.24. The molecule has 0 heterocycles. The zero-order valence-electron chi connectivity index (χ0n) is 20.7. The minimum Gasteiger partial charge on any atom is -0.0616 e. The van der Waals surface area contributed by atoms with Gasteiger partial charge in [0.05, 0.1) is 0 Å². The molecule has 0 spiro atoms. The Bertz CT molecular complexity index is 2220. The SMILES string of the molecule is C1=C\c2ccccc2-c2c(ccc3c2ccc2cc4ccc5c(c4cc23)-c2cccc3cccc-5c23)\C=C/1. The second-order valence-electron chi connectivity index (χ2n) is 10.5. The molecule has 0 saturated carbocycles. The number of rotatable bonds is 0. The fourth-order valence-electron chi connectivity index (χ4n) is 6.89. The monoisotopic (exact) mass is 478 g/mol. The molecule has 2 aliphatic rings. The lowest BCUT2D eigenvalue weighted by atomic mass is 9.86. The average Bonchev–Trinajstić information content (AvgIpc) is 3.28. The Morgan fingerprint density at radius 1 is 0.342 bits per heavy atom. The van der Waals surface area contributed by atoms with Crippen molar-refractivity contribution in [1.82, 2.24) is 0 Å². The molecule has 174 valence electrons. The predicted molar refractivity (Wildman–Crippen MR) is 164 cm³/mol. The Morgan fingerprint density at radius 3 is 2.00 bits per heavy atom. The number of hydrogen-bond acceptors (Lipinski definition) is 0. The molecule has 7 aromatic rings. The Hall–Kier alpha value is -4.94. The van der Waals surface area contributed by atoms with Gasteiger partial charge in [0.2, 0.25) is 0 Å². The summed E-state index contributed by atoms with van der Waals surface area (Å²) in [5.41, 5.74) is 10.6. The van der Waals surface area contributed by atoms with Gasteiger partial charge < -0.3 is 0 Å². The van der Waals surface area contributed by atoms with E-state index in [4.69, 9.17) is 0 Å². The van der Waals surface area contributed by atoms with Crippen molar-refractivity contribution in [2.75, 3.05) is 0 Å². The molecule has 0 radical (unpaired) electrons. The first-order valence-electron chi connectivity index (χ1n) is 13.3. The highest BCUT2D eigenvalue weighted by atomic mass is 14.3. The van der Waals surface area contributed by atoms with Crippen molar-refractivity contribution in [1.29, 1.82) is 0 Å². The molecule has 0 nitrogen and oxygen atoms in total. The Kier molecular flexibility index (Phi) is 3.88. The quantitative estimate of drug-likeness (QED) is 0.150. The highest BCUT2D eigenvalue weighted by Gasteiger charge is 2.23. The van der Waals surface area contributed by atoms with Gasteiger partial charge >= 0.3 is 0 Å². The van der Waals surface area contributed by atoms with Crippen molar-refractivity contribution in [3.05, 3.63) is 132 Å². The van der Waals surface area contributed by atoms with Crippen LogP contribution in [0.5, 0.6) is 0 Å². The van der Waals surface area contributed by atoms with Crippen LogP contribution in [-0.4, -0.2) is 0 Å². The van der Waals surface area contributed by atoms with Crippen molar-refractivity contribution in [3.63, 3.8) is 0 Å². The molecule has 0 N–H and O–H groups in total. The molecular formula is C38H22. The van der Waals surface area contributed by atoms with E-state index in [2.05, 4.69) is 133 Å². The maximum atomic E-state index is 2.45. The molecule has 0 amide bonds. The maximum Gasteiger partial charge on any atom is -0.00199 e. The van der Waals surface area contributed by atoms with E-state index in [1.807, 2.05) is 0 Å². The molecular weight excluding hydrogens is 456 g/mol. The van der Waals surface area contributed by atoms with Crippen LogP contribution in [0.1, 0.15) is 11.1 Å². The normalized spacial score (nSPS) is 14.7. The van der Waals surface area contributed by atoms with Gasteiger partial charge in [-0.3, -0.25) is 0 Å². The van der Waals surface area contributed by atoms with Gasteiger partial charge in [-0.1, -0.05) is 121 Å². The van der Waals surface area contributed by atoms with E-state index in [1.54, 1.807) is 0 Å². The first-order valence-corrected chi connectivity index (χ1v) is 13.3. The first kappa shape index (κ1) is 20.2. The van der Waals surface area contributed by atoms with Crippen LogP contribution in [-0.2, 0) is 0 Å². The van der Waals surface area contributed by atoms with E-state index in [9.17, 15) is 0 Å². The van der Waals surface area contributed by atoms with Crippen LogP contribution in [0, 0.1) is 0 Å². The van der Waals surface area contributed by atoms with E-state index in [-0.39, 0.29) is 0 Å². The Labute approximate surface area is 220 Å². The van der Waals surface area contributed by atoms with Gasteiger partial charge in [0, 0.05) is 0 Å². The third-order valence-corrected chi connectivity index (χ3v) is 8.54. The summed E-state index contributed by atoms with van der Waals surface area (Å²) < 4.78 is 0. The van der Waals surface area contributed by atoms with Gasteiger partial charge in [-0.15, -0.1) is 0 Å². The number of hydrogen-bond donors (Lipinski definition) is 0. The molecule has 0 heteroatoms. The van der Waals surface area contributed by atoms with Gasteiger partial charge in [0.25, 0.3) is 0 Å². The third kappa shape index (κ3) is 2.59. The van der Waals surface area contributed by atoms with Crippen molar-refractivity contribution in [2.45, 2.75) is 0 Å². The Morgan fingerprint density at radius 2 is 1.08 bits per heavy atom. The fraction of sp³-hybridized carbons (Fsp3) is 0. The van der Waals surface area contributed by atoms with E-state index >= 15 is 0 Å². The first-order chi connectivity index (χ1) is 18.8. The van der Waals surface area contributed by atoms with E-state index in [0.717, 1.165) is 0 Å². The second-order valence-corrected chi connectivity index (χ2v) is 10.5. The van der Waals surface area contributed by atoms with Crippen LogP contribution >= 0.6 is 0 Å². The van der Waals surface area contributed by atoms with Crippen LogP contribution in [0.3, 0.4) is 0 Å². The zero-order valence-corrected chi connectivity index (χ0v) is 20.7. The molecule has 0 unspecified atom stereocenters. The summed E-state index contributed by atoms with van der Waals surface area (Å²) in [6, 6.07) is 40.8. The molecule has 0 aromatic heterocycles. The third-order valence-electron chi connectivity index (χ3n) is 8.54. The predicted octanol–water partition coefficient (Wildman–Crippen LogP) is 10.7. The molecule has 0 bridgehead atoms. The molecule has 7 aromatic carbocycles. The summed E-state index contributed by atoms with van der Waals surface area (Å²) in [5, 5.41) is 10.5. The molecule has 0 saturated heterocycles. The molecule has 0 atom stereocenters. The lowest BCUT2D eigenvalue weighted by Crippen LogP contribution is -1.92. The van der Waals surface area contributed by atoms with Gasteiger partial charge in [-0.2, -0.15) is 0 Å². The van der Waals surface area contributed by atoms with Crippen LogP contribution in [0.4, 0.5) is 0 Å². The summed E-state index contributed by atoms with van der Waals surface area (Å²) in [6.45, 7) is 0. The minimum absolute atomic E-state index is 1.26. The molecule has 38 heavy (non-hydrogen) atoms. The van der Waals surface area contributed by atoms with Gasteiger partial charge in [0.1, 0.15) is 0 Å². The summed E-state index contributed by atoms with van der Waals surface area (Å²) in [6.07, 6.45) is 8.73.